The van der Waals surface area contributed by atoms with E-state index in [1.54, 1.807) is 12.4 Å². The molecule has 0 bridgehead atoms. The first-order valence-corrected chi connectivity index (χ1v) is 4.89. The first-order valence-electron chi connectivity index (χ1n) is 4.89. The van der Waals surface area contributed by atoms with Crippen molar-refractivity contribution in [2.75, 3.05) is 0 Å². The van der Waals surface area contributed by atoms with Gasteiger partial charge in [-0.25, -0.2) is 4.98 Å². The number of hydrogen-bond acceptors (Lipinski definition) is 1. The van der Waals surface area contributed by atoms with Crippen molar-refractivity contribution in [3.05, 3.63) is 30.9 Å². The zero-order valence-corrected chi connectivity index (χ0v) is 9.57. The van der Waals surface area contributed by atoms with Crippen LogP contribution in [0.15, 0.2) is 25.0 Å². The lowest BCUT2D eigenvalue weighted by atomic mass is 10.3. The number of imidazole rings is 1. The Morgan fingerprint density at radius 3 is 2.43 bits per heavy atom. The van der Waals surface area contributed by atoms with Crippen molar-refractivity contribution < 1.29 is 0 Å². The molecule has 78 valence electrons. The molecule has 0 saturated heterocycles. The van der Waals surface area contributed by atoms with Crippen LogP contribution in [0.5, 0.6) is 0 Å². The predicted molar refractivity (Wildman–Crippen MR) is 63.8 cm³/mol. The molecular weight excluding hydrogens is 172 g/mol. The third-order valence-corrected chi connectivity index (χ3v) is 1.21. The first kappa shape index (κ1) is 12.7. The van der Waals surface area contributed by atoms with E-state index in [2.05, 4.69) is 32.3 Å². The van der Waals surface area contributed by atoms with Gasteiger partial charge in [0, 0.05) is 18.6 Å². The maximum atomic E-state index is 4.08. The van der Waals surface area contributed by atoms with Gasteiger partial charge < -0.3 is 4.57 Å². The Hall–Kier alpha value is -1.31. The molecule has 0 amide bonds. The van der Waals surface area contributed by atoms with Crippen LogP contribution in [0.3, 0.4) is 0 Å². The Bertz CT molecular complexity index is 280. The van der Waals surface area contributed by atoms with Crippen LogP contribution >= 0.6 is 0 Å². The second kappa shape index (κ2) is 7.13. The van der Waals surface area contributed by atoms with Gasteiger partial charge in [0.2, 0.25) is 0 Å². The van der Waals surface area contributed by atoms with E-state index in [0.717, 1.165) is 11.7 Å². The standard InChI is InChI=1S/C8H10N2.C4H10/c1-3-5-8-9-6-7-10(8)4-2;1-4(2)3/h3-7H,2H2,1H3;4H,1-3H3/b5-3-;. The fraction of sp³-hybridized carbons (Fsp3) is 0.417. The van der Waals surface area contributed by atoms with Crippen LogP contribution in [0.2, 0.25) is 0 Å². The molecule has 0 N–H and O–H groups in total. The third kappa shape index (κ3) is 5.36. The zero-order valence-electron chi connectivity index (χ0n) is 9.57. The summed E-state index contributed by atoms with van der Waals surface area (Å²) in [6, 6.07) is 0. The number of nitrogens with zero attached hydrogens (tertiary/aromatic N) is 2. The van der Waals surface area contributed by atoms with E-state index in [1.165, 1.54) is 0 Å². The first-order chi connectivity index (χ1) is 6.61. The summed E-state index contributed by atoms with van der Waals surface area (Å²) < 4.78 is 1.86. The Balaban J connectivity index is 0.000000364. The van der Waals surface area contributed by atoms with Crippen LogP contribution in [0.4, 0.5) is 0 Å². The molecule has 1 aromatic heterocycles. The molecule has 2 heteroatoms. The van der Waals surface area contributed by atoms with E-state index < -0.39 is 0 Å². The summed E-state index contributed by atoms with van der Waals surface area (Å²) in [6.45, 7) is 12.1. The molecule has 1 heterocycles. The lowest BCUT2D eigenvalue weighted by Crippen LogP contribution is -1.86. The zero-order chi connectivity index (χ0) is 11.0. The smallest absolute Gasteiger partial charge is 0.136 e. The van der Waals surface area contributed by atoms with Crippen LogP contribution in [0.25, 0.3) is 12.3 Å². The molecule has 0 atom stereocenters. The van der Waals surface area contributed by atoms with Gasteiger partial charge in [-0.2, -0.15) is 0 Å². The van der Waals surface area contributed by atoms with E-state index in [0.29, 0.717) is 0 Å². The molecule has 0 radical (unpaired) electrons. The maximum Gasteiger partial charge on any atom is 0.136 e. The summed E-state index contributed by atoms with van der Waals surface area (Å²) in [6.07, 6.45) is 9.21. The summed E-state index contributed by atoms with van der Waals surface area (Å²) in [4.78, 5) is 4.08. The van der Waals surface area contributed by atoms with Crippen LogP contribution < -0.4 is 0 Å². The predicted octanol–water partition coefficient (Wildman–Crippen LogP) is 3.68. The topological polar surface area (TPSA) is 17.8 Å². The largest absolute Gasteiger partial charge is 0.308 e. The van der Waals surface area contributed by atoms with E-state index in [1.807, 2.05) is 29.8 Å². The fourth-order valence-corrected chi connectivity index (χ4v) is 0.757. The molecule has 0 fully saturated rings. The highest BCUT2D eigenvalue weighted by molar-refractivity contribution is 5.43. The molecule has 0 aliphatic heterocycles. The summed E-state index contributed by atoms with van der Waals surface area (Å²) in [5.74, 6) is 1.75. The van der Waals surface area contributed by atoms with Gasteiger partial charge in [0.25, 0.3) is 0 Å². The molecule has 0 aliphatic rings. The SMILES string of the molecule is C=Cn1ccnc1/C=C\C.CC(C)C. The third-order valence-electron chi connectivity index (χ3n) is 1.21. The second-order valence-electron chi connectivity index (χ2n) is 3.61. The van der Waals surface area contributed by atoms with Crippen LogP contribution in [0.1, 0.15) is 33.5 Å². The molecule has 14 heavy (non-hydrogen) atoms. The van der Waals surface area contributed by atoms with E-state index in [4.69, 9.17) is 0 Å². The quantitative estimate of drug-likeness (QED) is 0.699. The van der Waals surface area contributed by atoms with Gasteiger partial charge >= 0.3 is 0 Å². The van der Waals surface area contributed by atoms with Gasteiger partial charge in [-0.3, -0.25) is 0 Å². The minimum atomic E-state index is 0.833. The number of aromatic nitrogens is 2. The van der Waals surface area contributed by atoms with Gasteiger partial charge in [-0.15, -0.1) is 0 Å². The monoisotopic (exact) mass is 192 g/mol. The Kier molecular flexibility index (Phi) is 6.46. The lowest BCUT2D eigenvalue weighted by Gasteiger charge is -1.92. The van der Waals surface area contributed by atoms with Crippen molar-refractivity contribution in [3.63, 3.8) is 0 Å². The molecule has 0 unspecified atom stereocenters. The Morgan fingerprint density at radius 2 is 2.00 bits per heavy atom. The molecule has 0 aromatic carbocycles. The van der Waals surface area contributed by atoms with Crippen molar-refractivity contribution in [1.82, 2.24) is 9.55 Å². The molecule has 0 aliphatic carbocycles. The second-order valence-corrected chi connectivity index (χ2v) is 3.61. The van der Waals surface area contributed by atoms with Crippen LogP contribution in [0, 0.1) is 5.92 Å². The highest BCUT2D eigenvalue weighted by Crippen LogP contribution is 1.99. The molecule has 0 saturated carbocycles. The average molecular weight is 192 g/mol. The van der Waals surface area contributed by atoms with E-state index >= 15 is 0 Å². The fourth-order valence-electron chi connectivity index (χ4n) is 0.757. The summed E-state index contributed by atoms with van der Waals surface area (Å²) in [5, 5.41) is 0. The number of hydrogen-bond donors (Lipinski definition) is 0. The minimum Gasteiger partial charge on any atom is -0.308 e. The van der Waals surface area contributed by atoms with Crippen molar-refractivity contribution >= 4 is 12.3 Å². The van der Waals surface area contributed by atoms with E-state index in [9.17, 15) is 0 Å². The van der Waals surface area contributed by atoms with Crippen molar-refractivity contribution in [3.8, 4) is 0 Å². The lowest BCUT2D eigenvalue weighted by molar-refractivity contribution is 0.737. The summed E-state index contributed by atoms with van der Waals surface area (Å²) >= 11 is 0. The van der Waals surface area contributed by atoms with Gasteiger partial charge in [0.1, 0.15) is 5.82 Å². The Labute approximate surface area is 87.0 Å². The van der Waals surface area contributed by atoms with E-state index in [-0.39, 0.29) is 0 Å². The Morgan fingerprint density at radius 1 is 1.43 bits per heavy atom. The van der Waals surface area contributed by atoms with Crippen molar-refractivity contribution in [2.45, 2.75) is 27.7 Å². The van der Waals surface area contributed by atoms with Crippen molar-refractivity contribution in [1.29, 1.82) is 0 Å². The maximum absolute atomic E-state index is 4.08. The molecular formula is C12H20N2. The summed E-state index contributed by atoms with van der Waals surface area (Å²) in [5.41, 5.74) is 0. The highest BCUT2D eigenvalue weighted by atomic mass is 15.0. The number of rotatable bonds is 2. The van der Waals surface area contributed by atoms with Gasteiger partial charge in [-0.05, 0) is 18.9 Å². The van der Waals surface area contributed by atoms with Gasteiger partial charge in [0.15, 0.2) is 0 Å². The minimum absolute atomic E-state index is 0.833. The van der Waals surface area contributed by atoms with Gasteiger partial charge in [-0.1, -0.05) is 33.4 Å². The number of allylic oxidation sites excluding steroid dienone is 1. The van der Waals surface area contributed by atoms with Crippen molar-refractivity contribution in [2.24, 2.45) is 5.92 Å². The average Bonchev–Trinajstić information content (AvgIpc) is 2.51. The highest BCUT2D eigenvalue weighted by Gasteiger charge is 1.90. The molecule has 0 spiro atoms. The summed E-state index contributed by atoms with van der Waals surface area (Å²) in [7, 11) is 0. The molecule has 1 rings (SSSR count). The van der Waals surface area contributed by atoms with Crippen LogP contribution in [-0.4, -0.2) is 9.55 Å². The normalized spacial score (nSPS) is 10.1. The molecule has 1 aromatic rings. The van der Waals surface area contributed by atoms with Gasteiger partial charge in [0.05, 0.1) is 0 Å². The van der Waals surface area contributed by atoms with Crippen LogP contribution in [-0.2, 0) is 0 Å². The molecule has 2 nitrogen and oxygen atoms in total.